The van der Waals surface area contributed by atoms with E-state index in [0.29, 0.717) is 23.3 Å². The predicted molar refractivity (Wildman–Crippen MR) is 103 cm³/mol. The van der Waals surface area contributed by atoms with E-state index in [2.05, 4.69) is 22.3 Å². The van der Waals surface area contributed by atoms with E-state index in [4.69, 9.17) is 9.47 Å². The molecule has 2 heterocycles. The lowest BCUT2D eigenvalue weighted by Crippen LogP contribution is -2.73. The van der Waals surface area contributed by atoms with Gasteiger partial charge in [-0.1, -0.05) is 18.6 Å². The van der Waals surface area contributed by atoms with Crippen LogP contribution in [0.4, 0.5) is 4.79 Å². The zero-order chi connectivity index (χ0) is 18.4. The molecule has 1 aromatic rings. The maximum atomic E-state index is 13.0. The summed E-state index contributed by atoms with van der Waals surface area (Å²) in [7, 11) is 1.70. The fraction of sp³-hybridized carbons (Fsp3) is 0.682. The summed E-state index contributed by atoms with van der Waals surface area (Å²) in [5.41, 5.74) is 1.69. The molecule has 3 atom stereocenters. The van der Waals surface area contributed by atoms with Gasteiger partial charge in [-0.05, 0) is 55.7 Å². The largest absolute Gasteiger partial charge is 0.497 e. The third-order valence-corrected chi connectivity index (χ3v) is 7.39. The molecule has 1 unspecified atom stereocenters. The number of carbonyl (C=O) groups is 1. The second-order valence-corrected chi connectivity index (χ2v) is 8.91. The number of methoxy groups -OCH3 is 1. The number of likely N-dealkylation sites (tertiary alicyclic amines) is 1. The van der Waals surface area contributed by atoms with Gasteiger partial charge in [-0.2, -0.15) is 0 Å². The van der Waals surface area contributed by atoms with Crippen LogP contribution in [0.5, 0.6) is 5.75 Å². The number of nitrogens with one attached hydrogen (secondary N) is 1. The molecule has 5 rings (SSSR count). The minimum Gasteiger partial charge on any atom is -0.497 e. The maximum Gasteiger partial charge on any atom is 0.317 e. The van der Waals surface area contributed by atoms with E-state index in [0.717, 1.165) is 44.8 Å². The van der Waals surface area contributed by atoms with Crippen molar-refractivity contribution in [3.05, 3.63) is 29.8 Å². The Balaban J connectivity index is 1.22. The van der Waals surface area contributed by atoms with Gasteiger partial charge in [-0.15, -0.1) is 0 Å². The Morgan fingerprint density at radius 1 is 1.30 bits per heavy atom. The first-order chi connectivity index (χ1) is 13.2. The van der Waals surface area contributed by atoms with Crippen LogP contribution in [-0.2, 0) is 4.74 Å². The van der Waals surface area contributed by atoms with E-state index >= 15 is 0 Å². The molecular formula is C22H30N2O3. The molecule has 1 aromatic carbocycles. The van der Waals surface area contributed by atoms with Gasteiger partial charge < -0.3 is 19.7 Å². The van der Waals surface area contributed by atoms with Crippen molar-refractivity contribution in [2.75, 3.05) is 26.9 Å². The smallest absolute Gasteiger partial charge is 0.317 e. The van der Waals surface area contributed by atoms with Gasteiger partial charge in [-0.25, -0.2) is 4.79 Å². The first-order valence-electron chi connectivity index (χ1n) is 10.5. The molecule has 4 aliphatic rings. The van der Waals surface area contributed by atoms with Crippen molar-refractivity contribution in [1.82, 2.24) is 10.2 Å². The Morgan fingerprint density at radius 2 is 2.11 bits per heavy atom. The van der Waals surface area contributed by atoms with Gasteiger partial charge in [0.25, 0.3) is 0 Å². The highest BCUT2D eigenvalue weighted by atomic mass is 16.5. The maximum absolute atomic E-state index is 13.0. The average molecular weight is 370 g/mol. The van der Waals surface area contributed by atoms with E-state index in [-0.39, 0.29) is 12.1 Å². The van der Waals surface area contributed by atoms with Crippen molar-refractivity contribution < 1.29 is 14.3 Å². The molecule has 2 aliphatic carbocycles. The number of carbonyl (C=O) groups excluding carboxylic acids is 1. The Hall–Kier alpha value is -1.75. The summed E-state index contributed by atoms with van der Waals surface area (Å²) in [6.07, 6.45) is 7.16. The zero-order valence-corrected chi connectivity index (χ0v) is 16.2. The zero-order valence-electron chi connectivity index (χ0n) is 16.2. The minimum atomic E-state index is 0.152. The standard InChI is InChI=1S/C22H30N2O3/c1-26-17-5-2-4-16(12-17)18-13-19(18)23-21(25)24-14-22(8-3-9-22)20(24)15-6-10-27-11-7-15/h2,4-5,12,15,18-20H,3,6-11,13-14H2,1H3,(H,23,25)/t18-,19+,20?/m0/s1. The number of urea groups is 1. The van der Waals surface area contributed by atoms with Crippen LogP contribution in [-0.4, -0.2) is 49.9 Å². The van der Waals surface area contributed by atoms with Gasteiger partial charge in [0.1, 0.15) is 5.75 Å². The molecule has 2 aliphatic heterocycles. The first kappa shape index (κ1) is 17.4. The number of amides is 2. The fourth-order valence-electron chi connectivity index (χ4n) is 5.65. The Kier molecular flexibility index (Phi) is 4.30. The molecule has 5 heteroatoms. The number of nitrogens with zero attached hydrogens (tertiary/aromatic N) is 1. The lowest BCUT2D eigenvalue weighted by molar-refractivity contribution is -0.137. The summed E-state index contributed by atoms with van der Waals surface area (Å²) >= 11 is 0. The highest BCUT2D eigenvalue weighted by molar-refractivity contribution is 5.77. The molecule has 2 amide bonds. The molecule has 4 fully saturated rings. The third-order valence-electron chi connectivity index (χ3n) is 7.39. The highest BCUT2D eigenvalue weighted by Gasteiger charge is 2.60. The van der Waals surface area contributed by atoms with Crippen molar-refractivity contribution >= 4 is 6.03 Å². The molecule has 2 saturated heterocycles. The average Bonchev–Trinajstić information content (AvgIpc) is 3.40. The number of ether oxygens (including phenoxy) is 2. The predicted octanol–water partition coefficient (Wildman–Crippen LogP) is 3.54. The number of hydrogen-bond donors (Lipinski definition) is 1. The molecule has 0 aromatic heterocycles. The van der Waals surface area contributed by atoms with Crippen molar-refractivity contribution in [3.63, 3.8) is 0 Å². The van der Waals surface area contributed by atoms with Gasteiger partial charge >= 0.3 is 6.03 Å². The summed E-state index contributed by atoms with van der Waals surface area (Å²) < 4.78 is 10.9. The van der Waals surface area contributed by atoms with Crippen LogP contribution in [0.3, 0.4) is 0 Å². The van der Waals surface area contributed by atoms with Crippen molar-refractivity contribution in [2.45, 2.75) is 56.5 Å². The third kappa shape index (κ3) is 3.00. The first-order valence-corrected chi connectivity index (χ1v) is 10.5. The van der Waals surface area contributed by atoms with E-state index in [9.17, 15) is 4.79 Å². The Bertz CT molecular complexity index is 711. The van der Waals surface area contributed by atoms with Crippen LogP contribution in [0.1, 0.15) is 50.0 Å². The normalized spacial score (nSPS) is 31.7. The molecular weight excluding hydrogens is 340 g/mol. The molecule has 0 radical (unpaired) electrons. The fourth-order valence-corrected chi connectivity index (χ4v) is 5.65. The van der Waals surface area contributed by atoms with Gasteiger partial charge in [-0.3, -0.25) is 0 Å². The molecule has 27 heavy (non-hydrogen) atoms. The van der Waals surface area contributed by atoms with Crippen LogP contribution >= 0.6 is 0 Å². The molecule has 1 N–H and O–H groups in total. The van der Waals surface area contributed by atoms with E-state index in [1.165, 1.54) is 24.8 Å². The molecule has 5 nitrogen and oxygen atoms in total. The minimum absolute atomic E-state index is 0.152. The van der Waals surface area contributed by atoms with Crippen LogP contribution in [0.15, 0.2) is 24.3 Å². The Labute approximate surface area is 161 Å². The monoisotopic (exact) mass is 370 g/mol. The van der Waals surface area contributed by atoms with E-state index in [1.54, 1.807) is 7.11 Å². The van der Waals surface area contributed by atoms with Gasteiger partial charge in [0.15, 0.2) is 0 Å². The summed E-state index contributed by atoms with van der Waals surface area (Å²) in [5, 5.41) is 3.31. The lowest BCUT2D eigenvalue weighted by Gasteiger charge is -2.64. The van der Waals surface area contributed by atoms with E-state index in [1.807, 2.05) is 12.1 Å². The Morgan fingerprint density at radius 3 is 2.81 bits per heavy atom. The van der Waals surface area contributed by atoms with Gasteiger partial charge in [0.05, 0.1) is 7.11 Å². The van der Waals surface area contributed by atoms with Crippen LogP contribution in [0, 0.1) is 11.3 Å². The van der Waals surface area contributed by atoms with Crippen molar-refractivity contribution in [1.29, 1.82) is 0 Å². The number of hydrogen-bond acceptors (Lipinski definition) is 3. The highest BCUT2D eigenvalue weighted by Crippen LogP contribution is 2.56. The quantitative estimate of drug-likeness (QED) is 0.882. The van der Waals surface area contributed by atoms with Crippen molar-refractivity contribution in [3.8, 4) is 5.75 Å². The summed E-state index contributed by atoms with van der Waals surface area (Å²) in [4.78, 5) is 15.2. The topological polar surface area (TPSA) is 50.8 Å². The van der Waals surface area contributed by atoms with Crippen LogP contribution in [0.2, 0.25) is 0 Å². The molecule has 1 spiro atoms. The molecule has 146 valence electrons. The second-order valence-electron chi connectivity index (χ2n) is 8.91. The summed E-state index contributed by atoms with van der Waals surface area (Å²) in [6.45, 7) is 2.66. The van der Waals surface area contributed by atoms with Crippen LogP contribution in [0.25, 0.3) is 0 Å². The SMILES string of the molecule is COc1cccc([C@@H]2C[C@H]2NC(=O)N2CC3(CCC3)C2C2CCOCC2)c1. The second kappa shape index (κ2) is 6.69. The van der Waals surface area contributed by atoms with Crippen molar-refractivity contribution in [2.24, 2.45) is 11.3 Å². The molecule has 0 bridgehead atoms. The number of benzene rings is 1. The molecule has 2 saturated carbocycles. The summed E-state index contributed by atoms with van der Waals surface area (Å²) in [5.74, 6) is 1.93. The van der Waals surface area contributed by atoms with Gasteiger partial charge in [0.2, 0.25) is 0 Å². The van der Waals surface area contributed by atoms with Crippen LogP contribution < -0.4 is 10.1 Å². The van der Waals surface area contributed by atoms with E-state index < -0.39 is 0 Å². The number of rotatable bonds is 4. The van der Waals surface area contributed by atoms with Gasteiger partial charge in [0, 0.05) is 43.2 Å². The summed E-state index contributed by atoms with van der Waals surface area (Å²) in [6, 6.07) is 9.07. The lowest BCUT2D eigenvalue weighted by atomic mass is 9.54.